The van der Waals surface area contributed by atoms with E-state index < -0.39 is 0 Å². The third kappa shape index (κ3) is 2.94. The molecule has 1 aliphatic rings. The second-order valence-electron chi connectivity index (χ2n) is 5.62. The number of carbonyl (C=O) groups is 1. The van der Waals surface area contributed by atoms with Crippen LogP contribution in [-0.2, 0) is 6.54 Å². The fourth-order valence-electron chi connectivity index (χ4n) is 2.44. The van der Waals surface area contributed by atoms with Crippen LogP contribution in [-0.4, -0.2) is 27.8 Å². The standard InChI is InChI=1S/C16H15N3O2S2/c1-19(16(20)13-14(10-4-5-10)21-9-17-13)7-11-8-23-15(18-11)12-3-2-6-22-12/h2-3,6,8-10H,4-5,7H2,1H3. The fraction of sp³-hybridized carbons (Fsp3) is 0.312. The van der Waals surface area contributed by atoms with Crippen LogP contribution < -0.4 is 0 Å². The van der Waals surface area contributed by atoms with Crippen molar-refractivity contribution in [3.05, 3.63) is 46.4 Å². The summed E-state index contributed by atoms with van der Waals surface area (Å²) >= 11 is 3.27. The molecule has 1 amide bonds. The Bertz CT molecular complexity index is 818. The topological polar surface area (TPSA) is 59.2 Å². The van der Waals surface area contributed by atoms with Gasteiger partial charge in [0.05, 0.1) is 17.1 Å². The average molecular weight is 345 g/mol. The van der Waals surface area contributed by atoms with Crippen LogP contribution in [0.1, 0.15) is 40.7 Å². The van der Waals surface area contributed by atoms with Crippen molar-refractivity contribution in [2.45, 2.75) is 25.3 Å². The number of amides is 1. The van der Waals surface area contributed by atoms with E-state index >= 15 is 0 Å². The Kier molecular flexibility index (Phi) is 3.74. The maximum Gasteiger partial charge on any atom is 0.276 e. The van der Waals surface area contributed by atoms with Gasteiger partial charge in [0.1, 0.15) is 10.8 Å². The number of oxazole rings is 1. The van der Waals surface area contributed by atoms with E-state index in [0.717, 1.165) is 34.2 Å². The number of aromatic nitrogens is 2. The van der Waals surface area contributed by atoms with Gasteiger partial charge in [-0.15, -0.1) is 22.7 Å². The molecule has 0 saturated heterocycles. The van der Waals surface area contributed by atoms with Gasteiger partial charge in [-0.3, -0.25) is 4.79 Å². The van der Waals surface area contributed by atoms with Gasteiger partial charge >= 0.3 is 0 Å². The van der Waals surface area contributed by atoms with Crippen LogP contribution in [0.5, 0.6) is 0 Å². The maximum atomic E-state index is 12.6. The van der Waals surface area contributed by atoms with Crippen molar-refractivity contribution < 1.29 is 9.21 Å². The molecule has 118 valence electrons. The highest BCUT2D eigenvalue weighted by atomic mass is 32.1. The first-order valence-electron chi connectivity index (χ1n) is 7.39. The molecule has 0 N–H and O–H groups in total. The average Bonchev–Trinajstić information content (AvgIpc) is 3.02. The molecular formula is C16H15N3O2S2. The number of rotatable bonds is 5. The molecule has 3 heterocycles. The van der Waals surface area contributed by atoms with Gasteiger partial charge in [-0.2, -0.15) is 0 Å². The lowest BCUT2D eigenvalue weighted by Gasteiger charge is -2.14. The molecule has 1 aliphatic carbocycles. The van der Waals surface area contributed by atoms with E-state index in [1.165, 1.54) is 6.39 Å². The Morgan fingerprint density at radius 3 is 3.04 bits per heavy atom. The van der Waals surface area contributed by atoms with Gasteiger partial charge in [-0.1, -0.05) is 6.07 Å². The van der Waals surface area contributed by atoms with Gasteiger partial charge < -0.3 is 9.32 Å². The van der Waals surface area contributed by atoms with Gasteiger partial charge in [0, 0.05) is 18.3 Å². The number of thiazole rings is 1. The SMILES string of the molecule is CN(Cc1csc(-c2cccs2)n1)C(=O)c1ncoc1C1CC1. The van der Waals surface area contributed by atoms with Crippen LogP contribution in [0.4, 0.5) is 0 Å². The van der Waals surface area contributed by atoms with Crippen molar-refractivity contribution in [1.82, 2.24) is 14.9 Å². The monoisotopic (exact) mass is 345 g/mol. The van der Waals surface area contributed by atoms with Crippen molar-refractivity contribution in [2.75, 3.05) is 7.05 Å². The molecule has 23 heavy (non-hydrogen) atoms. The second kappa shape index (κ2) is 5.90. The highest BCUT2D eigenvalue weighted by molar-refractivity contribution is 7.20. The molecule has 1 fully saturated rings. The van der Waals surface area contributed by atoms with Crippen molar-refractivity contribution in [3.63, 3.8) is 0 Å². The summed E-state index contributed by atoms with van der Waals surface area (Å²) in [5.41, 5.74) is 1.34. The summed E-state index contributed by atoms with van der Waals surface area (Å²) < 4.78 is 5.39. The van der Waals surface area contributed by atoms with Crippen LogP contribution in [0.25, 0.3) is 9.88 Å². The summed E-state index contributed by atoms with van der Waals surface area (Å²) in [5, 5.41) is 5.04. The molecule has 0 bridgehead atoms. The quantitative estimate of drug-likeness (QED) is 0.701. The molecule has 0 radical (unpaired) electrons. The Morgan fingerprint density at radius 2 is 2.30 bits per heavy atom. The zero-order valence-electron chi connectivity index (χ0n) is 12.6. The van der Waals surface area contributed by atoms with Crippen LogP contribution >= 0.6 is 22.7 Å². The number of carbonyl (C=O) groups excluding carboxylic acids is 1. The van der Waals surface area contributed by atoms with E-state index in [2.05, 4.69) is 16.0 Å². The third-order valence-electron chi connectivity index (χ3n) is 3.78. The molecule has 0 unspecified atom stereocenters. The van der Waals surface area contributed by atoms with Gasteiger partial charge in [0.25, 0.3) is 5.91 Å². The molecule has 3 aromatic heterocycles. The molecular weight excluding hydrogens is 330 g/mol. The highest BCUT2D eigenvalue weighted by Crippen LogP contribution is 2.41. The van der Waals surface area contributed by atoms with E-state index in [4.69, 9.17) is 4.42 Å². The zero-order valence-corrected chi connectivity index (χ0v) is 14.2. The van der Waals surface area contributed by atoms with E-state index in [0.29, 0.717) is 18.2 Å². The van der Waals surface area contributed by atoms with Crippen LogP contribution in [0.2, 0.25) is 0 Å². The van der Waals surface area contributed by atoms with Crippen molar-refractivity contribution in [3.8, 4) is 9.88 Å². The predicted octanol–water partition coefficient (Wildman–Crippen LogP) is 4.01. The smallest absolute Gasteiger partial charge is 0.276 e. The zero-order chi connectivity index (χ0) is 15.8. The first kappa shape index (κ1) is 14.6. The summed E-state index contributed by atoms with van der Waals surface area (Å²) in [5.74, 6) is 1.00. The minimum absolute atomic E-state index is 0.105. The predicted molar refractivity (Wildman–Crippen MR) is 89.7 cm³/mol. The van der Waals surface area contributed by atoms with E-state index in [-0.39, 0.29) is 5.91 Å². The normalized spacial score (nSPS) is 14.1. The lowest BCUT2D eigenvalue weighted by molar-refractivity contribution is 0.0776. The third-order valence-corrected chi connectivity index (χ3v) is 5.71. The minimum atomic E-state index is -0.105. The molecule has 0 aliphatic heterocycles. The number of thiophene rings is 1. The number of nitrogens with zero attached hydrogens (tertiary/aromatic N) is 3. The first-order chi connectivity index (χ1) is 11.2. The number of hydrogen-bond donors (Lipinski definition) is 0. The fourth-order valence-corrected chi connectivity index (χ4v) is 4.06. The summed E-state index contributed by atoms with van der Waals surface area (Å²) in [6, 6.07) is 4.07. The van der Waals surface area contributed by atoms with Crippen molar-refractivity contribution in [2.24, 2.45) is 0 Å². The summed E-state index contributed by atoms with van der Waals surface area (Å²) in [6.07, 6.45) is 3.53. The maximum absolute atomic E-state index is 12.6. The van der Waals surface area contributed by atoms with E-state index in [1.54, 1.807) is 34.6 Å². The minimum Gasteiger partial charge on any atom is -0.447 e. The lowest BCUT2D eigenvalue weighted by atomic mass is 10.2. The molecule has 1 saturated carbocycles. The molecule has 0 aromatic carbocycles. The van der Waals surface area contributed by atoms with Gasteiger partial charge in [0.15, 0.2) is 12.1 Å². The molecule has 7 heteroatoms. The molecule has 4 rings (SSSR count). The van der Waals surface area contributed by atoms with Crippen LogP contribution in [0, 0.1) is 0 Å². The van der Waals surface area contributed by atoms with E-state index in [1.807, 2.05) is 16.8 Å². The van der Waals surface area contributed by atoms with Crippen molar-refractivity contribution in [1.29, 1.82) is 0 Å². The lowest BCUT2D eigenvalue weighted by Crippen LogP contribution is -2.27. The Labute approximate surface area is 141 Å². The van der Waals surface area contributed by atoms with E-state index in [9.17, 15) is 4.79 Å². The molecule has 3 aromatic rings. The summed E-state index contributed by atoms with van der Waals surface area (Å²) in [6.45, 7) is 0.470. The molecule has 5 nitrogen and oxygen atoms in total. The van der Waals surface area contributed by atoms with Crippen LogP contribution in [0.15, 0.2) is 33.7 Å². The number of hydrogen-bond acceptors (Lipinski definition) is 6. The Hall–Kier alpha value is -1.99. The summed E-state index contributed by atoms with van der Waals surface area (Å²) in [7, 11) is 1.78. The van der Waals surface area contributed by atoms with Crippen LogP contribution in [0.3, 0.4) is 0 Å². The second-order valence-corrected chi connectivity index (χ2v) is 7.43. The van der Waals surface area contributed by atoms with Gasteiger partial charge in [0.2, 0.25) is 0 Å². The first-order valence-corrected chi connectivity index (χ1v) is 9.15. The Morgan fingerprint density at radius 1 is 1.43 bits per heavy atom. The largest absolute Gasteiger partial charge is 0.447 e. The molecule has 0 atom stereocenters. The molecule has 0 spiro atoms. The Balaban J connectivity index is 1.48. The highest BCUT2D eigenvalue weighted by Gasteiger charge is 2.33. The van der Waals surface area contributed by atoms with Gasteiger partial charge in [-0.25, -0.2) is 9.97 Å². The van der Waals surface area contributed by atoms with Gasteiger partial charge in [-0.05, 0) is 24.3 Å². The van der Waals surface area contributed by atoms with Crippen molar-refractivity contribution >= 4 is 28.6 Å². The summed E-state index contributed by atoms with van der Waals surface area (Å²) in [4.78, 5) is 24.1.